The highest BCUT2D eigenvalue weighted by atomic mass is 79.9. The Labute approximate surface area is 153 Å². The number of rotatable bonds is 6. The van der Waals surface area contributed by atoms with E-state index in [4.69, 9.17) is 4.74 Å². The maximum absolute atomic E-state index is 11.8. The highest BCUT2D eigenvalue weighted by Crippen LogP contribution is 2.12. The fraction of sp³-hybridized carbons (Fsp3) is 0.105. The van der Waals surface area contributed by atoms with Gasteiger partial charge in [0.15, 0.2) is 12.4 Å². The highest BCUT2D eigenvalue weighted by Gasteiger charge is 2.06. The van der Waals surface area contributed by atoms with Gasteiger partial charge in [-0.3, -0.25) is 9.59 Å². The molecule has 0 aliphatic heterocycles. The van der Waals surface area contributed by atoms with E-state index < -0.39 is 18.5 Å². The van der Waals surface area contributed by atoms with Crippen molar-refractivity contribution in [3.63, 3.8) is 0 Å². The summed E-state index contributed by atoms with van der Waals surface area (Å²) in [7, 11) is 0. The molecule has 0 radical (unpaired) electrons. The molecule has 0 unspecified atom stereocenters. The predicted octanol–water partition coefficient (Wildman–Crippen LogP) is 3.85. The lowest BCUT2D eigenvalue weighted by Gasteiger charge is -2.06. The molecule has 0 bridgehead atoms. The number of amides is 1. The van der Waals surface area contributed by atoms with Gasteiger partial charge in [0, 0.05) is 21.8 Å². The molecular formula is C19H16BrNO4. The van der Waals surface area contributed by atoms with Gasteiger partial charge in [0.05, 0.1) is 0 Å². The van der Waals surface area contributed by atoms with Crippen molar-refractivity contribution < 1.29 is 19.1 Å². The number of hydrogen-bond donors (Lipinski definition) is 1. The molecular weight excluding hydrogens is 386 g/mol. The Balaban J connectivity index is 1.79. The zero-order valence-electron chi connectivity index (χ0n) is 13.5. The fourth-order valence-corrected chi connectivity index (χ4v) is 2.17. The summed E-state index contributed by atoms with van der Waals surface area (Å²) in [6.07, 6.45) is 2.87. The lowest BCUT2D eigenvalue weighted by atomic mass is 10.1. The van der Waals surface area contributed by atoms with E-state index in [1.54, 1.807) is 30.3 Å². The first-order valence-electron chi connectivity index (χ1n) is 7.45. The molecule has 0 saturated carbocycles. The Morgan fingerprint density at radius 2 is 1.68 bits per heavy atom. The third kappa shape index (κ3) is 6.35. The summed E-state index contributed by atoms with van der Waals surface area (Å²) in [5.41, 5.74) is 1.93. The smallest absolute Gasteiger partial charge is 0.331 e. The number of ether oxygens (including phenoxy) is 1. The number of anilines is 1. The van der Waals surface area contributed by atoms with Crippen molar-refractivity contribution in [3.05, 3.63) is 70.2 Å². The van der Waals surface area contributed by atoms with E-state index >= 15 is 0 Å². The Morgan fingerprint density at radius 1 is 1.04 bits per heavy atom. The van der Waals surface area contributed by atoms with Gasteiger partial charge in [0.2, 0.25) is 0 Å². The Kier molecular flexibility index (Phi) is 6.65. The van der Waals surface area contributed by atoms with Gasteiger partial charge in [-0.15, -0.1) is 0 Å². The molecule has 0 fully saturated rings. The molecule has 128 valence electrons. The quantitative estimate of drug-likeness (QED) is 0.453. The van der Waals surface area contributed by atoms with Crippen molar-refractivity contribution in [1.29, 1.82) is 0 Å². The van der Waals surface area contributed by atoms with E-state index in [9.17, 15) is 14.4 Å². The maximum atomic E-state index is 11.8. The second-order valence-corrected chi connectivity index (χ2v) is 6.09. The number of ketones is 1. The van der Waals surface area contributed by atoms with Crippen LogP contribution in [0.4, 0.5) is 5.69 Å². The summed E-state index contributed by atoms with van der Waals surface area (Å²) >= 11 is 3.33. The Bertz CT molecular complexity index is 795. The molecule has 5 nitrogen and oxygen atoms in total. The second-order valence-electron chi connectivity index (χ2n) is 5.17. The van der Waals surface area contributed by atoms with Crippen LogP contribution in [0.5, 0.6) is 0 Å². The van der Waals surface area contributed by atoms with Crippen LogP contribution in [0.15, 0.2) is 59.1 Å². The molecule has 2 rings (SSSR count). The standard InChI is InChI=1S/C19H16BrNO4/c1-13(22)15-5-9-17(10-6-15)21-18(23)12-25-19(24)11-4-14-2-7-16(20)8-3-14/h2-11H,12H2,1H3,(H,21,23)/b11-4+. The number of halogens is 1. The topological polar surface area (TPSA) is 72.5 Å². The monoisotopic (exact) mass is 401 g/mol. The molecule has 2 aromatic rings. The Morgan fingerprint density at radius 3 is 2.28 bits per heavy atom. The molecule has 2 aromatic carbocycles. The third-order valence-corrected chi connectivity index (χ3v) is 3.73. The summed E-state index contributed by atoms with van der Waals surface area (Å²) in [5.74, 6) is -1.12. The molecule has 0 spiro atoms. The molecule has 0 saturated heterocycles. The molecule has 0 heterocycles. The predicted molar refractivity (Wildman–Crippen MR) is 99.2 cm³/mol. The molecule has 1 amide bonds. The fourth-order valence-electron chi connectivity index (χ4n) is 1.91. The van der Waals surface area contributed by atoms with Crippen LogP contribution in [0.25, 0.3) is 6.08 Å². The van der Waals surface area contributed by atoms with Gasteiger partial charge in [0.1, 0.15) is 0 Å². The summed E-state index contributed by atoms with van der Waals surface area (Å²) < 4.78 is 5.83. The van der Waals surface area contributed by atoms with Crippen LogP contribution in [0.2, 0.25) is 0 Å². The van der Waals surface area contributed by atoms with Gasteiger partial charge in [-0.2, -0.15) is 0 Å². The van der Waals surface area contributed by atoms with E-state index in [0.717, 1.165) is 10.0 Å². The number of Topliss-reactive ketones (excluding diaryl/α,β-unsaturated/α-hetero) is 1. The summed E-state index contributed by atoms with van der Waals surface area (Å²) in [4.78, 5) is 34.6. The SMILES string of the molecule is CC(=O)c1ccc(NC(=O)COC(=O)/C=C/c2ccc(Br)cc2)cc1. The van der Waals surface area contributed by atoms with Crippen molar-refractivity contribution >= 4 is 45.4 Å². The molecule has 6 heteroatoms. The summed E-state index contributed by atoms with van der Waals surface area (Å²) in [6.45, 7) is 1.08. The van der Waals surface area contributed by atoms with E-state index in [1.807, 2.05) is 24.3 Å². The van der Waals surface area contributed by atoms with Gasteiger partial charge >= 0.3 is 5.97 Å². The van der Waals surface area contributed by atoms with Gasteiger partial charge in [-0.05, 0) is 55.0 Å². The number of benzene rings is 2. The van der Waals surface area contributed by atoms with E-state index in [1.165, 1.54) is 13.0 Å². The minimum atomic E-state index is -0.606. The second kappa shape index (κ2) is 8.94. The van der Waals surface area contributed by atoms with Crippen LogP contribution in [-0.4, -0.2) is 24.3 Å². The number of nitrogens with one attached hydrogen (secondary N) is 1. The zero-order chi connectivity index (χ0) is 18.2. The van der Waals surface area contributed by atoms with Crippen molar-refractivity contribution in [1.82, 2.24) is 0 Å². The lowest BCUT2D eigenvalue weighted by Crippen LogP contribution is -2.20. The van der Waals surface area contributed by atoms with Crippen LogP contribution >= 0.6 is 15.9 Å². The first-order valence-corrected chi connectivity index (χ1v) is 8.24. The average molecular weight is 402 g/mol. The molecule has 0 aromatic heterocycles. The van der Waals surface area contributed by atoms with Crippen LogP contribution in [-0.2, 0) is 14.3 Å². The normalized spacial score (nSPS) is 10.5. The average Bonchev–Trinajstić information content (AvgIpc) is 2.60. The van der Waals surface area contributed by atoms with Gasteiger partial charge in [0.25, 0.3) is 5.91 Å². The molecule has 1 N–H and O–H groups in total. The molecule has 0 atom stereocenters. The minimum Gasteiger partial charge on any atom is -0.452 e. The van der Waals surface area contributed by atoms with Crippen molar-refractivity contribution in [2.24, 2.45) is 0 Å². The first-order chi connectivity index (χ1) is 11.9. The van der Waals surface area contributed by atoms with E-state index in [0.29, 0.717) is 11.3 Å². The van der Waals surface area contributed by atoms with Crippen LogP contribution in [0.1, 0.15) is 22.8 Å². The van der Waals surface area contributed by atoms with E-state index in [-0.39, 0.29) is 5.78 Å². The first kappa shape index (κ1) is 18.6. The van der Waals surface area contributed by atoms with Gasteiger partial charge in [-0.25, -0.2) is 4.79 Å². The number of carbonyl (C=O) groups is 3. The Hall–Kier alpha value is -2.73. The van der Waals surface area contributed by atoms with Gasteiger partial charge < -0.3 is 10.1 Å². The van der Waals surface area contributed by atoms with Gasteiger partial charge in [-0.1, -0.05) is 28.1 Å². The maximum Gasteiger partial charge on any atom is 0.331 e. The summed E-state index contributed by atoms with van der Waals surface area (Å²) in [6, 6.07) is 13.9. The van der Waals surface area contributed by atoms with Crippen LogP contribution < -0.4 is 5.32 Å². The summed E-state index contributed by atoms with van der Waals surface area (Å²) in [5, 5.41) is 2.59. The lowest BCUT2D eigenvalue weighted by molar-refractivity contribution is -0.142. The molecule has 0 aliphatic rings. The van der Waals surface area contributed by atoms with Crippen LogP contribution in [0, 0.1) is 0 Å². The van der Waals surface area contributed by atoms with E-state index in [2.05, 4.69) is 21.2 Å². The third-order valence-electron chi connectivity index (χ3n) is 3.20. The van der Waals surface area contributed by atoms with Crippen molar-refractivity contribution in [3.8, 4) is 0 Å². The van der Waals surface area contributed by atoms with Crippen molar-refractivity contribution in [2.45, 2.75) is 6.92 Å². The molecule has 25 heavy (non-hydrogen) atoms. The molecule has 0 aliphatic carbocycles. The zero-order valence-corrected chi connectivity index (χ0v) is 15.1. The number of hydrogen-bond acceptors (Lipinski definition) is 4. The largest absolute Gasteiger partial charge is 0.452 e. The minimum absolute atomic E-state index is 0.0515. The number of esters is 1. The number of carbonyl (C=O) groups excluding carboxylic acids is 3. The highest BCUT2D eigenvalue weighted by molar-refractivity contribution is 9.10. The van der Waals surface area contributed by atoms with Crippen molar-refractivity contribution in [2.75, 3.05) is 11.9 Å². The van der Waals surface area contributed by atoms with Crippen LogP contribution in [0.3, 0.4) is 0 Å².